The topological polar surface area (TPSA) is 56.9 Å². The van der Waals surface area contributed by atoms with Gasteiger partial charge in [0.15, 0.2) is 5.82 Å². The van der Waals surface area contributed by atoms with E-state index < -0.39 is 17.1 Å². The molecule has 2 heterocycles. The number of halogens is 2. The minimum Gasteiger partial charge on any atom is -0.291 e. The average Bonchev–Trinajstić information content (AvgIpc) is 2.60. The van der Waals surface area contributed by atoms with E-state index in [9.17, 15) is 14.0 Å². The molecule has 2 aromatic carbocycles. The van der Waals surface area contributed by atoms with E-state index in [1.54, 1.807) is 42.5 Å². The van der Waals surface area contributed by atoms with E-state index >= 15 is 0 Å². The van der Waals surface area contributed by atoms with Gasteiger partial charge >= 0.3 is 5.69 Å². The predicted octanol–water partition coefficient (Wildman–Crippen LogP) is 2.98. The largest absolute Gasteiger partial charge is 0.352 e. The molecule has 0 aromatic heterocycles. The number of benzene rings is 2. The number of para-hydroxylation sites is 1. The van der Waals surface area contributed by atoms with Gasteiger partial charge < -0.3 is 0 Å². The first kappa shape index (κ1) is 15.5. The first-order chi connectivity index (χ1) is 12.0. The van der Waals surface area contributed by atoms with Gasteiger partial charge in [0.1, 0.15) is 5.82 Å². The van der Waals surface area contributed by atoms with Crippen molar-refractivity contribution in [3.63, 3.8) is 0 Å². The molecule has 0 spiro atoms. The van der Waals surface area contributed by atoms with Gasteiger partial charge in [0, 0.05) is 17.5 Å². The van der Waals surface area contributed by atoms with E-state index in [0.717, 1.165) is 4.57 Å². The van der Waals surface area contributed by atoms with Crippen LogP contribution in [0.15, 0.2) is 58.1 Å². The van der Waals surface area contributed by atoms with Gasteiger partial charge in [-0.15, -0.1) is 0 Å². The van der Waals surface area contributed by atoms with Crippen molar-refractivity contribution in [1.82, 2.24) is 14.1 Å². The van der Waals surface area contributed by atoms with Gasteiger partial charge in [-0.2, -0.15) is 4.98 Å². The van der Waals surface area contributed by atoms with Crippen LogP contribution in [0.1, 0.15) is 0 Å². The standard InChI is InChI=1S/C18H11ClFN3O2/c1-22-17(24)11-9-10-12(19)5-4-8-14(10)23(16(11)21-18(22)25)15-7-3-2-6-13(15)20/h2-9H,1H3. The molecule has 4 rings (SSSR count). The third kappa shape index (κ3) is 2.26. The summed E-state index contributed by atoms with van der Waals surface area (Å²) >= 11 is 6.28. The lowest BCUT2D eigenvalue weighted by atomic mass is 10.1. The molecule has 7 heteroatoms. The highest BCUT2D eigenvalue weighted by Crippen LogP contribution is 2.32. The lowest BCUT2D eigenvalue weighted by Gasteiger charge is -2.19. The summed E-state index contributed by atoms with van der Waals surface area (Å²) in [4.78, 5) is 28.6. The molecule has 0 saturated heterocycles. The number of nitrogens with zero attached hydrogens (tertiary/aromatic N) is 3. The maximum Gasteiger partial charge on any atom is 0.352 e. The molecule has 2 aliphatic heterocycles. The second kappa shape index (κ2) is 5.53. The van der Waals surface area contributed by atoms with Gasteiger partial charge in [-0.25, -0.2) is 9.18 Å². The van der Waals surface area contributed by atoms with Gasteiger partial charge in [0.2, 0.25) is 0 Å². The Morgan fingerprint density at radius 2 is 1.84 bits per heavy atom. The number of hydrogen-bond donors (Lipinski definition) is 0. The number of hydrogen-bond acceptors (Lipinski definition) is 3. The highest BCUT2D eigenvalue weighted by atomic mass is 35.5. The van der Waals surface area contributed by atoms with Crippen LogP contribution in [0, 0.1) is 5.82 Å². The van der Waals surface area contributed by atoms with Crippen molar-refractivity contribution in [2.75, 3.05) is 0 Å². The van der Waals surface area contributed by atoms with Crippen LogP contribution in [-0.2, 0) is 7.05 Å². The van der Waals surface area contributed by atoms with E-state index in [-0.39, 0.29) is 17.1 Å². The fourth-order valence-corrected chi connectivity index (χ4v) is 3.11. The van der Waals surface area contributed by atoms with Crippen LogP contribution >= 0.6 is 11.6 Å². The van der Waals surface area contributed by atoms with Crippen LogP contribution in [0.4, 0.5) is 4.39 Å². The van der Waals surface area contributed by atoms with Crippen LogP contribution < -0.4 is 11.2 Å². The van der Waals surface area contributed by atoms with E-state index in [4.69, 9.17) is 11.6 Å². The first-order valence-corrected chi connectivity index (χ1v) is 7.83. The lowest BCUT2D eigenvalue weighted by Crippen LogP contribution is -2.35. The molecule has 0 bridgehead atoms. The molecule has 0 atom stereocenters. The summed E-state index contributed by atoms with van der Waals surface area (Å²) in [7, 11) is 1.35. The molecule has 0 saturated carbocycles. The Labute approximate surface area is 145 Å². The second-order valence-corrected chi connectivity index (χ2v) is 6.01. The maximum atomic E-state index is 14.5. The van der Waals surface area contributed by atoms with E-state index in [1.165, 1.54) is 17.7 Å². The molecule has 124 valence electrons. The first-order valence-electron chi connectivity index (χ1n) is 7.45. The number of pyridine rings is 1. The molecule has 0 fully saturated rings. The molecule has 0 radical (unpaired) electrons. The number of rotatable bonds is 1. The summed E-state index contributed by atoms with van der Waals surface area (Å²) < 4.78 is 16.8. The minimum absolute atomic E-state index is 0.0907. The zero-order chi connectivity index (χ0) is 17.7. The zero-order valence-corrected chi connectivity index (χ0v) is 13.8. The molecule has 2 aliphatic rings. The molecule has 0 aliphatic carbocycles. The molecule has 0 unspecified atom stereocenters. The number of fused-ring (bicyclic) bond motifs is 2. The summed E-state index contributed by atoms with van der Waals surface area (Å²) in [6, 6.07) is 12.8. The maximum absolute atomic E-state index is 14.5. The van der Waals surface area contributed by atoms with Gasteiger partial charge in [0.05, 0.1) is 16.8 Å². The number of aromatic nitrogens is 3. The van der Waals surface area contributed by atoms with Crippen LogP contribution in [0.2, 0.25) is 5.02 Å². The van der Waals surface area contributed by atoms with Crippen LogP contribution in [0.3, 0.4) is 0 Å². The van der Waals surface area contributed by atoms with Gasteiger partial charge in [-0.3, -0.25) is 13.9 Å². The molecule has 0 N–H and O–H groups in total. The molecular weight excluding hydrogens is 345 g/mol. The third-order valence-electron chi connectivity index (χ3n) is 4.13. The average molecular weight is 356 g/mol. The fourth-order valence-electron chi connectivity index (χ4n) is 2.88. The summed E-state index contributed by atoms with van der Waals surface area (Å²) in [6.45, 7) is 0. The van der Waals surface area contributed by atoms with E-state index in [0.29, 0.717) is 15.9 Å². The van der Waals surface area contributed by atoms with Crippen molar-refractivity contribution in [2.45, 2.75) is 0 Å². The lowest BCUT2D eigenvalue weighted by molar-refractivity contribution is 0.618. The van der Waals surface area contributed by atoms with Crippen molar-refractivity contribution < 1.29 is 4.39 Å². The second-order valence-electron chi connectivity index (χ2n) is 5.60. The Morgan fingerprint density at radius 1 is 1.08 bits per heavy atom. The monoisotopic (exact) mass is 355 g/mol. The molecular formula is C18H11ClFN3O2. The Bertz CT molecular complexity index is 1230. The van der Waals surface area contributed by atoms with Crippen LogP contribution in [0.25, 0.3) is 28.0 Å². The van der Waals surface area contributed by atoms with E-state index in [1.807, 2.05) is 0 Å². The molecule has 2 aromatic rings. The Kier molecular flexibility index (Phi) is 3.43. The van der Waals surface area contributed by atoms with E-state index in [2.05, 4.69) is 4.98 Å². The normalized spacial score (nSPS) is 11.3. The zero-order valence-electron chi connectivity index (χ0n) is 13.0. The van der Waals surface area contributed by atoms with Crippen LogP contribution in [-0.4, -0.2) is 14.1 Å². The summed E-state index contributed by atoms with van der Waals surface area (Å²) in [5, 5.41) is 0.982. The Hall–Kier alpha value is -2.99. The highest BCUT2D eigenvalue weighted by molar-refractivity contribution is 6.35. The Morgan fingerprint density at radius 3 is 2.60 bits per heavy atom. The van der Waals surface area contributed by atoms with Gasteiger partial charge in [0.25, 0.3) is 5.56 Å². The molecule has 25 heavy (non-hydrogen) atoms. The van der Waals surface area contributed by atoms with Crippen molar-refractivity contribution >= 4 is 22.5 Å². The molecule has 0 amide bonds. The van der Waals surface area contributed by atoms with Crippen molar-refractivity contribution in [3.8, 4) is 17.1 Å². The van der Waals surface area contributed by atoms with Crippen molar-refractivity contribution in [1.29, 1.82) is 0 Å². The molecule has 5 nitrogen and oxygen atoms in total. The highest BCUT2D eigenvalue weighted by Gasteiger charge is 2.21. The van der Waals surface area contributed by atoms with Gasteiger partial charge in [-0.1, -0.05) is 29.8 Å². The van der Waals surface area contributed by atoms with Crippen LogP contribution in [0.5, 0.6) is 0 Å². The van der Waals surface area contributed by atoms with Gasteiger partial charge in [-0.05, 0) is 30.3 Å². The smallest absolute Gasteiger partial charge is 0.291 e. The SMILES string of the molecule is Cn1c(=O)nc2n(-c3ccccc3F)c3cccc(Cl)c3cc-2c1=O. The van der Waals surface area contributed by atoms with Crippen molar-refractivity contribution in [3.05, 3.63) is 80.2 Å². The fraction of sp³-hybridized carbons (Fsp3) is 0.0556. The predicted molar refractivity (Wildman–Crippen MR) is 94.2 cm³/mol. The third-order valence-corrected chi connectivity index (χ3v) is 4.46. The Balaban J connectivity index is 2.33. The quantitative estimate of drug-likeness (QED) is 0.493. The minimum atomic E-state index is -0.705. The van der Waals surface area contributed by atoms with Crippen molar-refractivity contribution in [2.24, 2.45) is 7.05 Å². The summed E-state index contributed by atoms with van der Waals surface area (Å²) in [5.74, 6) is -0.413. The summed E-state index contributed by atoms with van der Waals surface area (Å²) in [6.07, 6.45) is 0. The summed E-state index contributed by atoms with van der Waals surface area (Å²) in [5.41, 5.74) is -0.303.